The van der Waals surface area contributed by atoms with Gasteiger partial charge in [-0.05, 0) is 12.1 Å². The van der Waals surface area contributed by atoms with Crippen molar-refractivity contribution in [1.29, 1.82) is 0 Å². The number of nitro groups is 1. The minimum absolute atomic E-state index is 0.0304. The molecule has 0 unspecified atom stereocenters. The van der Waals surface area contributed by atoms with E-state index in [9.17, 15) is 18.5 Å². The lowest BCUT2D eigenvalue weighted by Crippen LogP contribution is -2.24. The van der Waals surface area contributed by atoms with Crippen LogP contribution in [0.15, 0.2) is 23.1 Å². The third-order valence-electron chi connectivity index (χ3n) is 2.47. The van der Waals surface area contributed by atoms with E-state index in [1.54, 1.807) is 0 Å². The highest BCUT2D eigenvalue weighted by molar-refractivity contribution is 7.89. The van der Waals surface area contributed by atoms with Crippen LogP contribution in [0.5, 0.6) is 5.75 Å². The summed E-state index contributed by atoms with van der Waals surface area (Å²) < 4.78 is 31.1. The zero-order valence-corrected chi connectivity index (χ0v) is 11.5. The van der Waals surface area contributed by atoms with Gasteiger partial charge < -0.3 is 4.74 Å². The first-order chi connectivity index (χ1) is 9.94. The second-order valence-corrected chi connectivity index (χ2v) is 5.51. The number of H-pyrrole nitrogens is 1. The fourth-order valence-corrected chi connectivity index (χ4v) is 2.48. The number of nitrogens with one attached hydrogen (secondary N) is 2. The predicted molar refractivity (Wildman–Crippen MR) is 67.9 cm³/mol. The van der Waals surface area contributed by atoms with Crippen LogP contribution in [-0.4, -0.2) is 41.1 Å². The normalized spacial score (nSPS) is 11.3. The average molecular weight is 314 g/mol. The predicted octanol–water partition coefficient (Wildman–Crippen LogP) is -0.405. The Hall–Kier alpha value is -2.60. The van der Waals surface area contributed by atoms with Crippen molar-refractivity contribution in [3.8, 4) is 5.75 Å². The van der Waals surface area contributed by atoms with Gasteiger partial charge >= 0.3 is 5.69 Å². The molecule has 0 fully saturated rings. The summed E-state index contributed by atoms with van der Waals surface area (Å²) in [6, 6.07) is 3.32. The Morgan fingerprint density at radius 2 is 2.24 bits per heavy atom. The van der Waals surface area contributed by atoms with Gasteiger partial charge in [-0.2, -0.15) is 5.21 Å². The number of methoxy groups -OCH3 is 1. The minimum atomic E-state index is -3.95. The second-order valence-electron chi connectivity index (χ2n) is 3.74. The van der Waals surface area contributed by atoms with Crippen molar-refractivity contribution < 1.29 is 18.1 Å². The Bertz CT molecular complexity index is 744. The molecule has 0 saturated heterocycles. The molecule has 0 bridgehead atoms. The van der Waals surface area contributed by atoms with Crippen molar-refractivity contribution in [3.05, 3.63) is 34.1 Å². The monoisotopic (exact) mass is 314 g/mol. The van der Waals surface area contributed by atoms with E-state index in [0.29, 0.717) is 0 Å². The largest absolute Gasteiger partial charge is 0.490 e. The molecule has 1 heterocycles. The van der Waals surface area contributed by atoms with Crippen molar-refractivity contribution >= 4 is 15.7 Å². The SMILES string of the molecule is COc1ccc(S(=O)(=O)NCc2nn[nH]n2)cc1[N+](=O)[O-]. The zero-order chi connectivity index (χ0) is 15.5. The summed E-state index contributed by atoms with van der Waals surface area (Å²) >= 11 is 0. The smallest absolute Gasteiger partial charge is 0.312 e. The fraction of sp³-hybridized carbons (Fsp3) is 0.222. The maximum absolute atomic E-state index is 12.0. The highest BCUT2D eigenvalue weighted by Crippen LogP contribution is 2.29. The molecule has 0 radical (unpaired) electrons. The van der Waals surface area contributed by atoms with Crippen LogP contribution in [0.3, 0.4) is 0 Å². The van der Waals surface area contributed by atoms with Crippen molar-refractivity contribution in [2.75, 3.05) is 7.11 Å². The third kappa shape index (κ3) is 3.29. The highest BCUT2D eigenvalue weighted by Gasteiger charge is 2.22. The van der Waals surface area contributed by atoms with Crippen molar-refractivity contribution in [3.63, 3.8) is 0 Å². The van der Waals surface area contributed by atoms with Gasteiger partial charge in [0.2, 0.25) is 10.0 Å². The molecule has 1 aromatic carbocycles. The van der Waals surface area contributed by atoms with Crippen LogP contribution in [0, 0.1) is 10.1 Å². The minimum Gasteiger partial charge on any atom is -0.490 e. The van der Waals surface area contributed by atoms with E-state index in [0.717, 1.165) is 6.07 Å². The molecule has 2 rings (SSSR count). The number of nitrogens with zero attached hydrogens (tertiary/aromatic N) is 4. The van der Waals surface area contributed by atoms with Crippen LogP contribution in [0.25, 0.3) is 0 Å². The molecule has 21 heavy (non-hydrogen) atoms. The van der Waals surface area contributed by atoms with Gasteiger partial charge in [-0.25, -0.2) is 13.1 Å². The van der Waals surface area contributed by atoms with Gasteiger partial charge in [0.05, 0.1) is 23.5 Å². The summed E-state index contributed by atoms with van der Waals surface area (Å²) in [5.74, 6) is 0.110. The molecular weight excluding hydrogens is 304 g/mol. The molecule has 0 aliphatic carbocycles. The number of nitro benzene ring substituents is 1. The van der Waals surface area contributed by atoms with Crippen LogP contribution in [0.1, 0.15) is 5.82 Å². The molecule has 2 N–H and O–H groups in total. The molecule has 1 aromatic heterocycles. The van der Waals surface area contributed by atoms with Gasteiger partial charge in [-0.1, -0.05) is 5.21 Å². The molecule has 2 aromatic rings. The zero-order valence-electron chi connectivity index (χ0n) is 10.7. The van der Waals surface area contributed by atoms with Crippen LogP contribution < -0.4 is 9.46 Å². The molecule has 0 spiro atoms. The molecule has 0 aliphatic rings. The van der Waals surface area contributed by atoms with Crippen molar-refractivity contribution in [2.24, 2.45) is 0 Å². The summed E-state index contributed by atoms with van der Waals surface area (Å²) in [6.45, 7) is -0.196. The molecule has 0 saturated carbocycles. The van der Waals surface area contributed by atoms with E-state index < -0.39 is 20.6 Å². The van der Waals surface area contributed by atoms with Gasteiger partial charge in [0.25, 0.3) is 0 Å². The van der Waals surface area contributed by atoms with Crippen molar-refractivity contribution in [2.45, 2.75) is 11.4 Å². The standard InChI is InChI=1S/C9H10N6O5S/c1-20-8-3-2-6(4-7(8)15(16)17)21(18,19)10-5-9-11-13-14-12-9/h2-4,10H,5H2,1H3,(H,11,12,13,14). The lowest BCUT2D eigenvalue weighted by Gasteiger charge is -2.06. The summed E-state index contributed by atoms with van der Waals surface area (Å²) in [6.07, 6.45) is 0. The maximum Gasteiger partial charge on any atom is 0.312 e. The summed E-state index contributed by atoms with van der Waals surface area (Å²) in [5.41, 5.74) is -0.445. The molecule has 12 heteroatoms. The number of hydrogen-bond acceptors (Lipinski definition) is 8. The Kier molecular flexibility index (Phi) is 4.09. The van der Waals surface area contributed by atoms with Gasteiger partial charge in [0.1, 0.15) is 0 Å². The quantitative estimate of drug-likeness (QED) is 0.539. The molecule has 112 valence electrons. The van der Waals surface area contributed by atoms with E-state index in [1.165, 1.54) is 19.2 Å². The lowest BCUT2D eigenvalue weighted by molar-refractivity contribution is -0.386. The van der Waals surface area contributed by atoms with Crippen LogP contribution >= 0.6 is 0 Å². The van der Waals surface area contributed by atoms with E-state index in [2.05, 4.69) is 25.3 Å². The summed E-state index contributed by atoms with van der Waals surface area (Å²) in [4.78, 5) is 9.89. The first-order valence-corrected chi connectivity index (χ1v) is 6.97. The van der Waals surface area contributed by atoms with Crippen LogP contribution in [-0.2, 0) is 16.6 Å². The fourth-order valence-electron chi connectivity index (χ4n) is 1.48. The number of aromatic amines is 1. The van der Waals surface area contributed by atoms with E-state index in [1.807, 2.05) is 0 Å². The number of rotatable bonds is 6. The van der Waals surface area contributed by atoms with Crippen LogP contribution in [0.4, 0.5) is 5.69 Å². The highest BCUT2D eigenvalue weighted by atomic mass is 32.2. The average Bonchev–Trinajstić information content (AvgIpc) is 2.97. The maximum atomic E-state index is 12.0. The van der Waals surface area contributed by atoms with Gasteiger partial charge in [-0.15, -0.1) is 10.2 Å². The number of aromatic nitrogens is 4. The number of benzene rings is 1. The van der Waals surface area contributed by atoms with Gasteiger partial charge in [0, 0.05) is 6.07 Å². The van der Waals surface area contributed by atoms with Crippen LogP contribution in [0.2, 0.25) is 0 Å². The molecular formula is C9H10N6O5S. The molecule has 0 amide bonds. The Labute approximate surface area is 118 Å². The Balaban J connectivity index is 2.27. The Morgan fingerprint density at radius 1 is 1.48 bits per heavy atom. The second kappa shape index (κ2) is 5.80. The van der Waals surface area contributed by atoms with E-state index in [-0.39, 0.29) is 23.0 Å². The number of ether oxygens (including phenoxy) is 1. The topological polar surface area (TPSA) is 153 Å². The van der Waals surface area contributed by atoms with Gasteiger partial charge in [-0.3, -0.25) is 10.1 Å². The van der Waals surface area contributed by atoms with E-state index in [4.69, 9.17) is 4.74 Å². The first-order valence-electron chi connectivity index (χ1n) is 5.48. The van der Waals surface area contributed by atoms with Crippen molar-refractivity contribution in [1.82, 2.24) is 25.3 Å². The molecule has 0 atom stereocenters. The molecule has 11 nitrogen and oxygen atoms in total. The Morgan fingerprint density at radius 3 is 2.81 bits per heavy atom. The molecule has 0 aliphatic heterocycles. The number of tetrazole rings is 1. The lowest BCUT2D eigenvalue weighted by atomic mass is 10.3. The number of hydrogen-bond donors (Lipinski definition) is 2. The summed E-state index contributed by atoms with van der Waals surface area (Å²) in [7, 11) is -2.69. The summed E-state index contributed by atoms with van der Waals surface area (Å²) in [5, 5.41) is 23.5. The van der Waals surface area contributed by atoms with Gasteiger partial charge in [0.15, 0.2) is 11.6 Å². The number of sulfonamides is 1. The third-order valence-corrected chi connectivity index (χ3v) is 3.87. The first kappa shape index (κ1) is 14.8. The van der Waals surface area contributed by atoms with E-state index >= 15 is 0 Å².